The van der Waals surface area contributed by atoms with Gasteiger partial charge in [-0.2, -0.15) is 5.10 Å². The van der Waals surface area contributed by atoms with Gasteiger partial charge in [0.15, 0.2) is 11.7 Å². The van der Waals surface area contributed by atoms with Crippen molar-refractivity contribution in [1.29, 1.82) is 0 Å². The van der Waals surface area contributed by atoms with Crippen molar-refractivity contribution < 1.29 is 8.81 Å². The van der Waals surface area contributed by atoms with Crippen molar-refractivity contribution in [3.8, 4) is 11.6 Å². The third kappa shape index (κ3) is 5.17. The highest BCUT2D eigenvalue weighted by atomic mass is 127. The second-order valence-electron chi connectivity index (χ2n) is 6.51. The summed E-state index contributed by atoms with van der Waals surface area (Å²) in [6.07, 6.45) is 4.98. The molecule has 0 radical (unpaired) electrons. The average molecular weight is 523 g/mol. The van der Waals surface area contributed by atoms with Gasteiger partial charge < -0.3 is 20.0 Å². The number of nitrogens with one attached hydrogen (secondary N) is 4. The summed E-state index contributed by atoms with van der Waals surface area (Å²) in [4.78, 5) is 11.8. The number of halogens is 2. The number of benzene rings is 1. The maximum absolute atomic E-state index is 13.3. The van der Waals surface area contributed by atoms with Gasteiger partial charge in [0, 0.05) is 43.7 Å². The van der Waals surface area contributed by atoms with Gasteiger partial charge in [0.25, 0.3) is 0 Å². The van der Waals surface area contributed by atoms with Crippen molar-refractivity contribution in [2.45, 2.75) is 12.8 Å². The molecule has 0 spiro atoms. The lowest BCUT2D eigenvalue weighted by atomic mass is 10.1. The predicted octanol–water partition coefficient (Wildman–Crippen LogP) is 3.25. The first kappa shape index (κ1) is 21.8. The van der Waals surface area contributed by atoms with Gasteiger partial charge in [-0.25, -0.2) is 9.37 Å². The molecule has 0 amide bonds. The van der Waals surface area contributed by atoms with Gasteiger partial charge >= 0.3 is 0 Å². The normalized spacial score (nSPS) is 11.5. The molecule has 0 fully saturated rings. The number of aromatic nitrogens is 4. The van der Waals surface area contributed by atoms with Gasteiger partial charge in [-0.15, -0.1) is 24.0 Å². The zero-order valence-corrected chi connectivity index (χ0v) is 18.7. The highest BCUT2D eigenvalue weighted by Gasteiger charge is 2.08. The number of nitrogens with zero attached hydrogens (tertiary/aromatic N) is 3. The first-order chi connectivity index (χ1) is 14.2. The Bertz CT molecular complexity index is 1100. The number of H-pyrrole nitrogens is 2. The van der Waals surface area contributed by atoms with Crippen LogP contribution in [0.15, 0.2) is 52.2 Å². The molecular formula is C20H23FIN7O. The van der Waals surface area contributed by atoms with E-state index in [1.54, 1.807) is 25.4 Å². The van der Waals surface area contributed by atoms with Crippen LogP contribution in [-0.2, 0) is 12.8 Å². The zero-order chi connectivity index (χ0) is 20.1. The number of fused-ring (bicyclic) bond motifs is 1. The molecule has 0 saturated carbocycles. The summed E-state index contributed by atoms with van der Waals surface area (Å²) >= 11 is 0. The van der Waals surface area contributed by atoms with E-state index >= 15 is 0 Å². The summed E-state index contributed by atoms with van der Waals surface area (Å²) in [5, 5.41) is 14.7. The number of hydrogen-bond donors (Lipinski definition) is 4. The highest BCUT2D eigenvalue weighted by Crippen LogP contribution is 2.19. The van der Waals surface area contributed by atoms with Crippen LogP contribution in [0.2, 0.25) is 0 Å². The lowest BCUT2D eigenvalue weighted by Gasteiger charge is -2.11. The number of aliphatic imine (C=N–C) groups is 1. The van der Waals surface area contributed by atoms with Crippen molar-refractivity contribution in [3.05, 3.63) is 60.0 Å². The van der Waals surface area contributed by atoms with Crippen molar-refractivity contribution in [2.75, 3.05) is 20.1 Å². The lowest BCUT2D eigenvalue weighted by molar-refractivity contribution is 0.577. The fourth-order valence-corrected chi connectivity index (χ4v) is 3.12. The summed E-state index contributed by atoms with van der Waals surface area (Å²) in [6, 6.07) is 8.41. The minimum atomic E-state index is -0.239. The SMILES string of the molecule is CN=C(NCCc1nc(-c2ccco2)n[nH]1)NCCc1c[nH]c2cc(F)ccc12.I. The smallest absolute Gasteiger partial charge is 0.216 e. The van der Waals surface area contributed by atoms with E-state index in [0.29, 0.717) is 37.1 Å². The molecule has 0 atom stereocenters. The molecule has 4 N–H and O–H groups in total. The lowest BCUT2D eigenvalue weighted by Crippen LogP contribution is -2.39. The molecule has 0 bridgehead atoms. The number of furan rings is 1. The van der Waals surface area contributed by atoms with Gasteiger partial charge in [-0.05, 0) is 42.3 Å². The zero-order valence-electron chi connectivity index (χ0n) is 16.4. The minimum absolute atomic E-state index is 0. The summed E-state index contributed by atoms with van der Waals surface area (Å²) < 4.78 is 18.6. The van der Waals surface area contributed by atoms with Crippen LogP contribution < -0.4 is 10.6 Å². The molecule has 30 heavy (non-hydrogen) atoms. The van der Waals surface area contributed by atoms with Gasteiger partial charge in [0.2, 0.25) is 5.82 Å². The molecule has 10 heteroatoms. The first-order valence-corrected chi connectivity index (χ1v) is 9.38. The quantitative estimate of drug-likeness (QED) is 0.169. The third-order valence-electron chi connectivity index (χ3n) is 4.57. The average Bonchev–Trinajstić information content (AvgIpc) is 3.47. The van der Waals surface area contributed by atoms with Crippen molar-refractivity contribution in [2.24, 2.45) is 4.99 Å². The van der Waals surface area contributed by atoms with E-state index in [1.165, 1.54) is 12.1 Å². The van der Waals surface area contributed by atoms with Crippen LogP contribution in [0.3, 0.4) is 0 Å². The fourth-order valence-electron chi connectivity index (χ4n) is 3.12. The van der Waals surface area contributed by atoms with Gasteiger partial charge in [0.1, 0.15) is 11.6 Å². The third-order valence-corrected chi connectivity index (χ3v) is 4.57. The Labute approximate surface area is 189 Å². The Kier molecular flexibility index (Phi) is 7.44. The summed E-state index contributed by atoms with van der Waals surface area (Å²) in [6.45, 7) is 1.35. The molecule has 3 heterocycles. The summed E-state index contributed by atoms with van der Waals surface area (Å²) in [5.74, 6) is 2.42. The Morgan fingerprint density at radius 2 is 2.03 bits per heavy atom. The number of guanidine groups is 1. The second-order valence-corrected chi connectivity index (χ2v) is 6.51. The molecule has 4 rings (SSSR count). The number of aromatic amines is 2. The van der Waals surface area contributed by atoms with Crippen LogP contribution in [0.5, 0.6) is 0 Å². The molecule has 0 unspecified atom stereocenters. The maximum atomic E-state index is 13.3. The van der Waals surface area contributed by atoms with Crippen LogP contribution >= 0.6 is 24.0 Å². The molecular weight excluding hydrogens is 500 g/mol. The Morgan fingerprint density at radius 3 is 2.80 bits per heavy atom. The van der Waals surface area contributed by atoms with Crippen molar-refractivity contribution in [1.82, 2.24) is 30.8 Å². The van der Waals surface area contributed by atoms with Crippen molar-refractivity contribution in [3.63, 3.8) is 0 Å². The molecule has 0 aliphatic heterocycles. The highest BCUT2D eigenvalue weighted by molar-refractivity contribution is 14.0. The Morgan fingerprint density at radius 1 is 1.20 bits per heavy atom. The molecule has 4 aromatic rings. The Balaban J connectivity index is 0.00000256. The van der Waals surface area contributed by atoms with Gasteiger partial charge in [-0.1, -0.05) is 0 Å². The van der Waals surface area contributed by atoms with Crippen LogP contribution in [0.4, 0.5) is 4.39 Å². The maximum Gasteiger partial charge on any atom is 0.216 e. The fraction of sp³-hybridized carbons (Fsp3) is 0.250. The number of hydrogen-bond acceptors (Lipinski definition) is 4. The Hall–Kier alpha value is -2.89. The topological polar surface area (TPSA) is 107 Å². The summed E-state index contributed by atoms with van der Waals surface area (Å²) in [7, 11) is 1.73. The van der Waals surface area contributed by atoms with E-state index in [2.05, 4.69) is 35.8 Å². The molecule has 158 valence electrons. The van der Waals surface area contributed by atoms with Crippen LogP contribution in [0, 0.1) is 5.82 Å². The molecule has 3 aromatic heterocycles. The molecule has 1 aromatic carbocycles. The standard InChI is InChI=1S/C20H22FN7O.HI/c1-22-20(23-8-6-13-12-25-16-11-14(21)4-5-15(13)16)24-9-7-18-26-19(28-27-18)17-3-2-10-29-17;/h2-5,10-12,25H,6-9H2,1H3,(H2,22,23,24)(H,26,27,28);1H. The predicted molar refractivity (Wildman–Crippen MR) is 125 cm³/mol. The van der Waals surface area contributed by atoms with Gasteiger partial charge in [-0.3, -0.25) is 10.1 Å². The van der Waals surface area contributed by atoms with Crippen LogP contribution in [0.1, 0.15) is 11.4 Å². The molecule has 0 aliphatic rings. The molecule has 0 saturated heterocycles. The molecule has 0 aliphatic carbocycles. The van der Waals surface area contributed by atoms with E-state index < -0.39 is 0 Å². The van der Waals surface area contributed by atoms with Crippen molar-refractivity contribution >= 4 is 40.8 Å². The van der Waals surface area contributed by atoms with Crippen LogP contribution in [0.25, 0.3) is 22.5 Å². The van der Waals surface area contributed by atoms with Gasteiger partial charge in [0.05, 0.1) is 6.26 Å². The summed E-state index contributed by atoms with van der Waals surface area (Å²) in [5.41, 5.74) is 1.94. The van der Waals surface area contributed by atoms with E-state index in [9.17, 15) is 4.39 Å². The van der Waals surface area contributed by atoms with E-state index in [1.807, 2.05) is 12.3 Å². The van der Waals surface area contributed by atoms with E-state index in [4.69, 9.17) is 4.42 Å². The molecule has 8 nitrogen and oxygen atoms in total. The number of rotatable bonds is 7. The first-order valence-electron chi connectivity index (χ1n) is 9.38. The van der Waals surface area contributed by atoms with E-state index in [-0.39, 0.29) is 29.8 Å². The minimum Gasteiger partial charge on any atom is -0.461 e. The second kappa shape index (κ2) is 10.2. The van der Waals surface area contributed by atoms with Crippen LogP contribution in [-0.4, -0.2) is 46.3 Å². The largest absolute Gasteiger partial charge is 0.461 e. The monoisotopic (exact) mass is 523 g/mol. The van der Waals surface area contributed by atoms with E-state index in [0.717, 1.165) is 28.7 Å².